The lowest BCUT2D eigenvalue weighted by Crippen LogP contribution is -2.34. The molecule has 0 saturated heterocycles. The third kappa shape index (κ3) is 5.49. The van der Waals surface area contributed by atoms with Crippen LogP contribution in [0.3, 0.4) is 0 Å². The molecule has 6 nitrogen and oxygen atoms in total. The van der Waals surface area contributed by atoms with Crippen molar-refractivity contribution in [2.45, 2.75) is 33.3 Å². The van der Waals surface area contributed by atoms with E-state index in [9.17, 15) is 14.0 Å². The first-order valence-electron chi connectivity index (χ1n) is 10.4. The molecule has 2 aromatic carbocycles. The molecule has 0 unspecified atom stereocenters. The highest BCUT2D eigenvalue weighted by Crippen LogP contribution is 2.31. The average Bonchev–Trinajstić information content (AvgIpc) is 2.97. The van der Waals surface area contributed by atoms with Crippen molar-refractivity contribution in [1.82, 2.24) is 4.90 Å². The Labute approximate surface area is 181 Å². The smallest absolute Gasteiger partial charge is 0.278 e. The van der Waals surface area contributed by atoms with Gasteiger partial charge in [0.1, 0.15) is 17.3 Å². The first-order valence-corrected chi connectivity index (χ1v) is 10.4. The molecule has 1 aliphatic heterocycles. The maximum absolute atomic E-state index is 13.4. The summed E-state index contributed by atoms with van der Waals surface area (Å²) in [7, 11) is 0. The van der Waals surface area contributed by atoms with Crippen LogP contribution in [0.4, 0.5) is 10.1 Å². The third-order valence-electron chi connectivity index (χ3n) is 4.71. The van der Waals surface area contributed by atoms with Gasteiger partial charge in [0.05, 0.1) is 18.3 Å². The highest BCUT2D eigenvalue weighted by Gasteiger charge is 2.38. The van der Waals surface area contributed by atoms with E-state index in [-0.39, 0.29) is 23.9 Å². The normalized spacial score (nSPS) is 14.0. The lowest BCUT2D eigenvalue weighted by Gasteiger charge is -2.16. The highest BCUT2D eigenvalue weighted by molar-refractivity contribution is 6.36. The van der Waals surface area contributed by atoms with Gasteiger partial charge >= 0.3 is 0 Å². The number of nitrogens with zero attached hydrogens (tertiary/aromatic N) is 1. The molecule has 164 valence electrons. The zero-order valence-corrected chi connectivity index (χ0v) is 18.0. The first kappa shape index (κ1) is 22.5. The van der Waals surface area contributed by atoms with Crippen molar-refractivity contribution in [3.63, 3.8) is 0 Å². The fourth-order valence-corrected chi connectivity index (χ4v) is 3.27. The van der Waals surface area contributed by atoms with Gasteiger partial charge < -0.3 is 14.8 Å². The van der Waals surface area contributed by atoms with E-state index in [1.54, 1.807) is 24.3 Å². The SMILES string of the molecule is CCOc1ccc(NC2=C(c3ccc(F)cc3)C(=O)N(CCCOC(C)C)C2=O)cc1. The number of ether oxygens (including phenoxy) is 2. The highest BCUT2D eigenvalue weighted by atomic mass is 19.1. The van der Waals surface area contributed by atoms with Crippen LogP contribution in [0.15, 0.2) is 54.2 Å². The third-order valence-corrected chi connectivity index (χ3v) is 4.71. The van der Waals surface area contributed by atoms with E-state index < -0.39 is 17.6 Å². The van der Waals surface area contributed by atoms with E-state index in [1.807, 2.05) is 20.8 Å². The Morgan fingerprint density at radius 3 is 2.29 bits per heavy atom. The van der Waals surface area contributed by atoms with Crippen LogP contribution in [0.25, 0.3) is 5.57 Å². The molecule has 1 N–H and O–H groups in total. The molecule has 0 saturated carbocycles. The minimum Gasteiger partial charge on any atom is -0.494 e. The quantitative estimate of drug-likeness (QED) is 0.455. The predicted octanol–water partition coefficient (Wildman–Crippen LogP) is 4.23. The van der Waals surface area contributed by atoms with E-state index in [0.717, 1.165) is 0 Å². The maximum Gasteiger partial charge on any atom is 0.278 e. The molecule has 1 aliphatic rings. The molecule has 0 aliphatic carbocycles. The second-order valence-corrected chi connectivity index (χ2v) is 7.37. The van der Waals surface area contributed by atoms with Crippen LogP contribution in [0, 0.1) is 5.82 Å². The monoisotopic (exact) mass is 426 g/mol. The fraction of sp³-hybridized carbons (Fsp3) is 0.333. The number of benzene rings is 2. The van der Waals surface area contributed by atoms with Crippen LogP contribution in [0.5, 0.6) is 5.75 Å². The van der Waals surface area contributed by atoms with Crippen LogP contribution in [-0.4, -0.2) is 42.6 Å². The molecule has 0 fully saturated rings. The van der Waals surface area contributed by atoms with Gasteiger partial charge in [-0.15, -0.1) is 0 Å². The molecular weight excluding hydrogens is 399 g/mol. The summed E-state index contributed by atoms with van der Waals surface area (Å²) < 4.78 is 24.4. The van der Waals surface area contributed by atoms with Gasteiger partial charge in [0.2, 0.25) is 0 Å². The molecular formula is C24H27FN2O4. The van der Waals surface area contributed by atoms with Gasteiger partial charge in [-0.1, -0.05) is 12.1 Å². The lowest BCUT2D eigenvalue weighted by molar-refractivity contribution is -0.137. The number of nitrogens with one attached hydrogen (secondary N) is 1. The summed E-state index contributed by atoms with van der Waals surface area (Å²) >= 11 is 0. The topological polar surface area (TPSA) is 67.9 Å². The second-order valence-electron chi connectivity index (χ2n) is 7.37. The number of anilines is 1. The maximum atomic E-state index is 13.4. The second kappa shape index (κ2) is 10.2. The van der Waals surface area contributed by atoms with Gasteiger partial charge in [0.25, 0.3) is 11.8 Å². The molecule has 0 aromatic heterocycles. The van der Waals surface area contributed by atoms with Crippen LogP contribution < -0.4 is 10.1 Å². The number of carbonyl (C=O) groups excluding carboxylic acids is 2. The van der Waals surface area contributed by atoms with Gasteiger partial charge in [-0.25, -0.2) is 4.39 Å². The number of amides is 2. The van der Waals surface area contributed by atoms with Crippen molar-refractivity contribution < 1.29 is 23.5 Å². The molecule has 31 heavy (non-hydrogen) atoms. The standard InChI is InChI=1S/C24H27FN2O4/c1-4-30-20-12-10-19(11-13-20)26-22-21(17-6-8-18(25)9-7-17)23(28)27(24(22)29)14-5-15-31-16(2)3/h6-13,16,26H,4-5,14-15H2,1-3H3. The Morgan fingerprint density at radius 2 is 1.68 bits per heavy atom. The van der Waals surface area contributed by atoms with Gasteiger partial charge in [0, 0.05) is 18.8 Å². The minimum absolute atomic E-state index is 0.0785. The number of hydrogen-bond donors (Lipinski definition) is 1. The summed E-state index contributed by atoms with van der Waals surface area (Å²) in [6, 6.07) is 12.7. The summed E-state index contributed by atoms with van der Waals surface area (Å²) in [6.45, 7) is 6.99. The van der Waals surface area contributed by atoms with E-state index in [2.05, 4.69) is 5.32 Å². The van der Waals surface area contributed by atoms with Crippen molar-refractivity contribution in [3.05, 3.63) is 65.6 Å². The summed E-state index contributed by atoms with van der Waals surface area (Å²) in [5, 5.41) is 3.08. The number of imide groups is 1. The lowest BCUT2D eigenvalue weighted by atomic mass is 10.0. The van der Waals surface area contributed by atoms with Crippen molar-refractivity contribution in [2.24, 2.45) is 0 Å². The summed E-state index contributed by atoms with van der Waals surface area (Å²) in [4.78, 5) is 27.4. The van der Waals surface area contributed by atoms with Crippen LogP contribution >= 0.6 is 0 Å². The fourth-order valence-electron chi connectivity index (χ4n) is 3.27. The Balaban J connectivity index is 1.86. The van der Waals surface area contributed by atoms with E-state index in [4.69, 9.17) is 9.47 Å². The van der Waals surface area contributed by atoms with Crippen LogP contribution in [-0.2, 0) is 14.3 Å². The zero-order valence-electron chi connectivity index (χ0n) is 18.0. The van der Waals surface area contributed by atoms with Gasteiger partial charge in [-0.2, -0.15) is 0 Å². The molecule has 0 bridgehead atoms. The summed E-state index contributed by atoms with van der Waals surface area (Å²) in [5.41, 5.74) is 1.52. The average molecular weight is 426 g/mol. The van der Waals surface area contributed by atoms with Gasteiger partial charge in [-0.05, 0) is 69.2 Å². The molecule has 7 heteroatoms. The molecule has 0 radical (unpaired) electrons. The number of hydrogen-bond acceptors (Lipinski definition) is 5. The van der Waals surface area contributed by atoms with E-state index >= 15 is 0 Å². The van der Waals surface area contributed by atoms with Crippen LogP contribution in [0.2, 0.25) is 0 Å². The van der Waals surface area contributed by atoms with Crippen molar-refractivity contribution in [2.75, 3.05) is 25.1 Å². The van der Waals surface area contributed by atoms with Gasteiger partial charge in [0.15, 0.2) is 0 Å². The van der Waals surface area contributed by atoms with Crippen LogP contribution in [0.1, 0.15) is 32.8 Å². The summed E-state index contributed by atoms with van der Waals surface area (Å²) in [6.07, 6.45) is 0.609. The first-order chi connectivity index (χ1) is 14.9. The van der Waals surface area contributed by atoms with Crippen molar-refractivity contribution in [1.29, 1.82) is 0 Å². The Morgan fingerprint density at radius 1 is 1.00 bits per heavy atom. The Kier molecular flexibility index (Phi) is 7.41. The molecule has 2 amide bonds. The van der Waals surface area contributed by atoms with Crippen molar-refractivity contribution in [3.8, 4) is 5.75 Å². The summed E-state index contributed by atoms with van der Waals surface area (Å²) in [5.74, 6) is -0.524. The van der Waals surface area contributed by atoms with Crippen molar-refractivity contribution >= 4 is 23.1 Å². The van der Waals surface area contributed by atoms with E-state index in [1.165, 1.54) is 29.2 Å². The molecule has 0 atom stereocenters. The largest absolute Gasteiger partial charge is 0.494 e. The minimum atomic E-state index is -0.414. The predicted molar refractivity (Wildman–Crippen MR) is 117 cm³/mol. The Hall–Kier alpha value is -3.19. The zero-order chi connectivity index (χ0) is 22.4. The molecule has 1 heterocycles. The van der Waals surface area contributed by atoms with E-state index in [0.29, 0.717) is 36.6 Å². The molecule has 3 rings (SSSR count). The number of halogens is 1. The number of rotatable bonds is 10. The number of carbonyl (C=O) groups is 2. The van der Waals surface area contributed by atoms with Gasteiger partial charge in [-0.3, -0.25) is 14.5 Å². The Bertz CT molecular complexity index is 953. The molecule has 2 aromatic rings. The molecule has 0 spiro atoms.